The molecule has 212 valence electrons. The second-order valence-corrected chi connectivity index (χ2v) is 12.0. The predicted octanol–water partition coefficient (Wildman–Crippen LogP) is 10.7. The molecular weight excluding hydrogens is 534 g/mol. The van der Waals surface area contributed by atoms with Gasteiger partial charge in [-0.25, -0.2) is 4.98 Å². The van der Waals surface area contributed by atoms with Crippen molar-refractivity contribution in [2.24, 2.45) is 0 Å². The molecule has 0 unspecified atom stereocenters. The molecule has 0 radical (unpaired) electrons. The first kappa shape index (κ1) is 26.2. The number of benzene rings is 5. The van der Waals surface area contributed by atoms with Gasteiger partial charge in [0.05, 0.1) is 28.1 Å². The van der Waals surface area contributed by atoms with Crippen LogP contribution < -0.4 is 0 Å². The monoisotopic (exact) mass is 567 g/mol. The standard InChI is InChI=1S/C41H33N3/c1-26-15-17-36-34(21-26)35-22-27(2)16-18-37(35)44(36)40-28(3)23-33(24-29(40)4)32-19-20-43-38(25-32)42-39(30-11-7-5-8-12-30)41(43)31-13-9-6-10-14-31/h5-25H,1-4H3. The largest absolute Gasteiger partial charge is 0.309 e. The SMILES string of the molecule is Cc1ccc2c(c1)c1cc(C)ccc1n2-c1c(C)cc(-c2ccn3c(-c4ccccc4)c(-c4ccccc4)nc3c2)cc1C. The van der Waals surface area contributed by atoms with Gasteiger partial charge in [-0.3, -0.25) is 4.40 Å². The number of imidazole rings is 1. The van der Waals surface area contributed by atoms with E-state index in [-0.39, 0.29) is 0 Å². The average molecular weight is 568 g/mol. The van der Waals surface area contributed by atoms with Crippen LogP contribution in [0.25, 0.3) is 66.8 Å². The van der Waals surface area contributed by atoms with Crippen molar-refractivity contribution in [2.45, 2.75) is 27.7 Å². The molecule has 0 N–H and O–H groups in total. The van der Waals surface area contributed by atoms with Crippen LogP contribution >= 0.6 is 0 Å². The summed E-state index contributed by atoms with van der Waals surface area (Å²) in [6.07, 6.45) is 2.17. The number of fused-ring (bicyclic) bond motifs is 4. The van der Waals surface area contributed by atoms with Crippen molar-refractivity contribution in [3.05, 3.63) is 150 Å². The molecule has 0 fully saturated rings. The quantitative estimate of drug-likeness (QED) is 0.207. The summed E-state index contributed by atoms with van der Waals surface area (Å²) in [5.41, 5.74) is 16.5. The first-order valence-electron chi connectivity index (χ1n) is 15.2. The molecule has 3 heterocycles. The first-order chi connectivity index (χ1) is 21.5. The van der Waals surface area contributed by atoms with Crippen molar-refractivity contribution in [2.75, 3.05) is 0 Å². The Morgan fingerprint density at radius 2 is 1.07 bits per heavy atom. The molecule has 0 aliphatic carbocycles. The normalized spacial score (nSPS) is 11.6. The summed E-state index contributed by atoms with van der Waals surface area (Å²) < 4.78 is 4.67. The Morgan fingerprint density at radius 1 is 0.500 bits per heavy atom. The van der Waals surface area contributed by atoms with Crippen molar-refractivity contribution in [3.63, 3.8) is 0 Å². The Balaban J connectivity index is 1.29. The molecule has 0 saturated carbocycles. The van der Waals surface area contributed by atoms with Gasteiger partial charge in [-0.2, -0.15) is 0 Å². The lowest BCUT2D eigenvalue weighted by Crippen LogP contribution is -2.01. The molecule has 3 nitrogen and oxygen atoms in total. The zero-order chi connectivity index (χ0) is 29.9. The molecule has 0 saturated heterocycles. The van der Waals surface area contributed by atoms with Crippen LogP contribution in [-0.4, -0.2) is 14.0 Å². The fraction of sp³-hybridized carbons (Fsp3) is 0.0976. The van der Waals surface area contributed by atoms with E-state index in [9.17, 15) is 0 Å². The van der Waals surface area contributed by atoms with Crippen molar-refractivity contribution >= 4 is 27.5 Å². The Morgan fingerprint density at radius 3 is 1.66 bits per heavy atom. The number of pyridine rings is 1. The number of hydrogen-bond donors (Lipinski definition) is 0. The first-order valence-corrected chi connectivity index (χ1v) is 15.2. The minimum absolute atomic E-state index is 0.938. The van der Waals surface area contributed by atoms with E-state index in [2.05, 4.69) is 164 Å². The minimum Gasteiger partial charge on any atom is -0.309 e. The summed E-state index contributed by atoms with van der Waals surface area (Å²) in [7, 11) is 0. The maximum absolute atomic E-state index is 5.19. The van der Waals surface area contributed by atoms with Crippen LogP contribution in [0.3, 0.4) is 0 Å². The van der Waals surface area contributed by atoms with Crippen LogP contribution in [-0.2, 0) is 0 Å². The summed E-state index contributed by atoms with van der Waals surface area (Å²) in [6.45, 7) is 8.82. The lowest BCUT2D eigenvalue weighted by Gasteiger charge is -2.17. The van der Waals surface area contributed by atoms with Crippen molar-refractivity contribution in [3.8, 4) is 39.3 Å². The molecule has 0 atom stereocenters. The molecule has 44 heavy (non-hydrogen) atoms. The van der Waals surface area contributed by atoms with E-state index in [1.807, 2.05) is 0 Å². The number of nitrogens with zero attached hydrogens (tertiary/aromatic N) is 3. The van der Waals surface area contributed by atoms with Crippen LogP contribution in [0.4, 0.5) is 0 Å². The molecule has 5 aromatic carbocycles. The second-order valence-electron chi connectivity index (χ2n) is 12.0. The van der Waals surface area contributed by atoms with Crippen molar-refractivity contribution in [1.82, 2.24) is 14.0 Å². The van der Waals surface area contributed by atoms with Gasteiger partial charge in [0.2, 0.25) is 0 Å². The van der Waals surface area contributed by atoms with Crippen LogP contribution in [0.15, 0.2) is 128 Å². The molecule has 3 heteroatoms. The van der Waals surface area contributed by atoms with Crippen LogP contribution in [0.2, 0.25) is 0 Å². The van der Waals surface area contributed by atoms with Crippen LogP contribution in [0, 0.1) is 27.7 Å². The van der Waals surface area contributed by atoms with Crippen molar-refractivity contribution in [1.29, 1.82) is 0 Å². The highest BCUT2D eigenvalue weighted by Crippen LogP contribution is 2.38. The van der Waals surface area contributed by atoms with Crippen LogP contribution in [0.5, 0.6) is 0 Å². The van der Waals surface area contributed by atoms with Gasteiger partial charge < -0.3 is 4.57 Å². The fourth-order valence-corrected chi connectivity index (χ4v) is 6.86. The molecule has 0 amide bonds. The number of hydrogen-bond acceptors (Lipinski definition) is 1. The summed E-state index contributed by atoms with van der Waals surface area (Å²) in [6, 6.07) is 43.7. The van der Waals surface area contributed by atoms with Gasteiger partial charge in [-0.05, 0) is 98.5 Å². The highest BCUT2D eigenvalue weighted by molar-refractivity contribution is 6.10. The highest BCUT2D eigenvalue weighted by atomic mass is 15.0. The van der Waals surface area contributed by atoms with Gasteiger partial charge in [0.1, 0.15) is 5.65 Å². The molecule has 8 aromatic rings. The topological polar surface area (TPSA) is 22.2 Å². The number of aromatic nitrogens is 3. The molecule has 3 aromatic heterocycles. The van der Waals surface area contributed by atoms with E-state index in [0.717, 1.165) is 33.7 Å². The third-order valence-corrected chi connectivity index (χ3v) is 8.84. The minimum atomic E-state index is 0.938. The number of aryl methyl sites for hydroxylation is 4. The summed E-state index contributed by atoms with van der Waals surface area (Å²) in [5.74, 6) is 0. The van der Waals surface area contributed by atoms with Gasteiger partial charge in [0.15, 0.2) is 0 Å². The Labute approximate surface area is 257 Å². The van der Waals surface area contributed by atoms with Gasteiger partial charge in [-0.1, -0.05) is 83.9 Å². The molecule has 0 bridgehead atoms. The summed E-state index contributed by atoms with van der Waals surface area (Å²) in [4.78, 5) is 5.19. The molecule has 0 aliphatic rings. The summed E-state index contributed by atoms with van der Waals surface area (Å²) in [5, 5.41) is 2.61. The third kappa shape index (κ3) is 4.16. The van der Waals surface area contributed by atoms with E-state index in [0.29, 0.717) is 0 Å². The van der Waals surface area contributed by atoms with Gasteiger partial charge in [0, 0.05) is 28.1 Å². The Bertz CT molecular complexity index is 2270. The highest BCUT2D eigenvalue weighted by Gasteiger charge is 2.19. The maximum atomic E-state index is 5.19. The van der Waals surface area contributed by atoms with E-state index in [4.69, 9.17) is 4.98 Å². The number of rotatable bonds is 4. The van der Waals surface area contributed by atoms with E-state index in [1.54, 1.807) is 0 Å². The molecule has 0 spiro atoms. The predicted molar refractivity (Wildman–Crippen MR) is 185 cm³/mol. The Hall–Kier alpha value is -5.41. The lowest BCUT2D eigenvalue weighted by molar-refractivity contribution is 1.12. The maximum Gasteiger partial charge on any atom is 0.138 e. The van der Waals surface area contributed by atoms with Gasteiger partial charge >= 0.3 is 0 Å². The van der Waals surface area contributed by atoms with Crippen molar-refractivity contribution < 1.29 is 0 Å². The molecule has 8 rings (SSSR count). The Kier molecular flexibility index (Phi) is 6.02. The second kappa shape index (κ2) is 10.1. The van der Waals surface area contributed by atoms with Crippen LogP contribution in [0.1, 0.15) is 22.3 Å². The van der Waals surface area contributed by atoms with Gasteiger partial charge in [0.25, 0.3) is 0 Å². The van der Waals surface area contributed by atoms with E-state index >= 15 is 0 Å². The average Bonchev–Trinajstić information content (AvgIpc) is 3.57. The molecular formula is C41H33N3. The third-order valence-electron chi connectivity index (χ3n) is 8.84. The zero-order valence-corrected chi connectivity index (χ0v) is 25.5. The zero-order valence-electron chi connectivity index (χ0n) is 25.5. The van der Waals surface area contributed by atoms with E-state index in [1.165, 1.54) is 55.3 Å². The fourth-order valence-electron chi connectivity index (χ4n) is 6.86. The van der Waals surface area contributed by atoms with E-state index < -0.39 is 0 Å². The smallest absolute Gasteiger partial charge is 0.138 e. The molecule has 0 aliphatic heterocycles. The van der Waals surface area contributed by atoms with Gasteiger partial charge in [-0.15, -0.1) is 0 Å². The summed E-state index contributed by atoms with van der Waals surface area (Å²) >= 11 is 0. The lowest BCUT2D eigenvalue weighted by atomic mass is 9.99.